The number of hydrogen-bond donors (Lipinski definition) is 1. The molecule has 2 nitrogen and oxygen atoms in total. The van der Waals surface area contributed by atoms with Crippen molar-refractivity contribution >= 4 is 46.4 Å². The van der Waals surface area contributed by atoms with Crippen molar-refractivity contribution in [3.8, 4) is 0 Å². The number of nitrogens with one attached hydrogen (secondary N) is 1. The fourth-order valence-corrected chi connectivity index (χ4v) is 2.50. The van der Waals surface area contributed by atoms with Crippen LogP contribution in [-0.4, -0.2) is 5.91 Å². The molecule has 5 heteroatoms. The average molecular weight is 343 g/mol. The molecule has 0 saturated heterocycles. The third-order valence-electron chi connectivity index (χ3n) is 3.01. The van der Waals surface area contributed by atoms with Gasteiger partial charge in [-0.05, 0) is 36.2 Å². The van der Waals surface area contributed by atoms with E-state index in [1.165, 1.54) is 0 Å². The third-order valence-corrected chi connectivity index (χ3v) is 3.99. The number of rotatable bonds is 4. The summed E-state index contributed by atoms with van der Waals surface area (Å²) in [6, 6.07) is 12.6. The standard InChI is InChI=1S/C16H14Cl3NO/c1-10(17)12-4-2-3-5-15(12)20-16(21)9-11-6-7-13(18)14(19)8-11/h2-8,10H,9H2,1H3,(H,20,21). The summed E-state index contributed by atoms with van der Waals surface area (Å²) in [5, 5.41) is 3.62. The second-order valence-corrected chi connectivity index (χ2v) is 6.15. The molecule has 2 aromatic carbocycles. The van der Waals surface area contributed by atoms with E-state index in [-0.39, 0.29) is 17.7 Å². The minimum atomic E-state index is -0.175. The van der Waals surface area contributed by atoms with E-state index in [0.717, 1.165) is 16.8 Å². The number of carbonyl (C=O) groups excluding carboxylic acids is 1. The Morgan fingerprint density at radius 2 is 1.86 bits per heavy atom. The predicted octanol–water partition coefficient (Wildman–Crippen LogP) is 5.47. The molecule has 0 fully saturated rings. The van der Waals surface area contributed by atoms with Gasteiger partial charge in [-0.1, -0.05) is 47.5 Å². The number of alkyl halides is 1. The monoisotopic (exact) mass is 341 g/mol. The zero-order valence-electron chi connectivity index (χ0n) is 11.4. The lowest BCUT2D eigenvalue weighted by Crippen LogP contribution is -2.15. The van der Waals surface area contributed by atoms with Gasteiger partial charge in [-0.2, -0.15) is 0 Å². The molecule has 1 amide bonds. The Morgan fingerprint density at radius 3 is 2.52 bits per heavy atom. The number of amides is 1. The first-order chi connectivity index (χ1) is 9.97. The van der Waals surface area contributed by atoms with E-state index in [1.807, 2.05) is 31.2 Å². The molecule has 0 aliphatic carbocycles. The van der Waals surface area contributed by atoms with E-state index in [2.05, 4.69) is 5.32 Å². The molecular formula is C16H14Cl3NO. The van der Waals surface area contributed by atoms with E-state index >= 15 is 0 Å². The van der Waals surface area contributed by atoms with E-state index < -0.39 is 0 Å². The van der Waals surface area contributed by atoms with Gasteiger partial charge in [0.2, 0.25) is 5.91 Å². The summed E-state index contributed by atoms with van der Waals surface area (Å²) >= 11 is 17.9. The molecule has 0 radical (unpaired) electrons. The first kappa shape index (κ1) is 16.2. The number of anilines is 1. The van der Waals surface area contributed by atoms with Gasteiger partial charge in [0, 0.05) is 5.69 Å². The van der Waals surface area contributed by atoms with Crippen LogP contribution in [0.1, 0.15) is 23.4 Å². The molecule has 1 N–H and O–H groups in total. The van der Waals surface area contributed by atoms with Gasteiger partial charge in [0.1, 0.15) is 0 Å². The van der Waals surface area contributed by atoms with Gasteiger partial charge in [0.05, 0.1) is 21.8 Å². The lowest BCUT2D eigenvalue weighted by Gasteiger charge is -2.12. The van der Waals surface area contributed by atoms with E-state index in [1.54, 1.807) is 18.2 Å². The Morgan fingerprint density at radius 1 is 1.14 bits per heavy atom. The molecule has 2 rings (SSSR count). The predicted molar refractivity (Wildman–Crippen MR) is 89.5 cm³/mol. The molecule has 21 heavy (non-hydrogen) atoms. The minimum Gasteiger partial charge on any atom is -0.325 e. The van der Waals surface area contributed by atoms with E-state index in [9.17, 15) is 4.79 Å². The second kappa shape index (κ2) is 7.17. The Kier molecular flexibility index (Phi) is 5.51. The summed E-state index contributed by atoms with van der Waals surface area (Å²) in [6.45, 7) is 1.87. The Bertz CT molecular complexity index is 656. The molecule has 0 spiro atoms. The van der Waals surface area contributed by atoms with E-state index in [4.69, 9.17) is 34.8 Å². The van der Waals surface area contributed by atoms with Gasteiger partial charge in [0.25, 0.3) is 0 Å². The highest BCUT2D eigenvalue weighted by atomic mass is 35.5. The topological polar surface area (TPSA) is 29.1 Å². The van der Waals surface area contributed by atoms with Crippen LogP contribution in [0.3, 0.4) is 0 Å². The highest BCUT2D eigenvalue weighted by molar-refractivity contribution is 6.42. The summed E-state index contributed by atoms with van der Waals surface area (Å²) in [5.74, 6) is -0.127. The molecule has 0 heterocycles. The first-order valence-corrected chi connectivity index (χ1v) is 7.63. The fourth-order valence-electron chi connectivity index (χ4n) is 1.99. The minimum absolute atomic E-state index is 0.127. The Balaban J connectivity index is 2.10. The molecule has 0 bridgehead atoms. The molecule has 110 valence electrons. The van der Waals surface area contributed by atoms with Crippen molar-refractivity contribution in [3.05, 3.63) is 63.6 Å². The molecule has 0 aliphatic rings. The van der Waals surface area contributed by atoms with Crippen LogP contribution in [0.2, 0.25) is 10.0 Å². The highest BCUT2D eigenvalue weighted by Crippen LogP contribution is 2.27. The smallest absolute Gasteiger partial charge is 0.228 e. The SMILES string of the molecule is CC(Cl)c1ccccc1NC(=O)Cc1ccc(Cl)c(Cl)c1. The normalized spacial score (nSPS) is 12.0. The van der Waals surface area contributed by atoms with E-state index in [0.29, 0.717) is 10.0 Å². The van der Waals surface area contributed by atoms with Crippen LogP contribution in [0.25, 0.3) is 0 Å². The zero-order valence-corrected chi connectivity index (χ0v) is 13.6. The highest BCUT2D eigenvalue weighted by Gasteiger charge is 2.11. The van der Waals surface area contributed by atoms with Crippen LogP contribution in [-0.2, 0) is 11.2 Å². The van der Waals surface area contributed by atoms with Crippen molar-refractivity contribution in [2.24, 2.45) is 0 Å². The van der Waals surface area contributed by atoms with Gasteiger partial charge >= 0.3 is 0 Å². The van der Waals surface area contributed by atoms with Crippen molar-refractivity contribution in [3.63, 3.8) is 0 Å². The van der Waals surface area contributed by atoms with Gasteiger partial charge in [-0.15, -0.1) is 11.6 Å². The number of benzene rings is 2. The zero-order chi connectivity index (χ0) is 15.4. The van der Waals surface area contributed by atoms with Crippen molar-refractivity contribution < 1.29 is 4.79 Å². The Labute approximate surface area is 139 Å². The summed E-state index contributed by atoms with van der Waals surface area (Å²) in [4.78, 5) is 12.1. The number of halogens is 3. The number of para-hydroxylation sites is 1. The average Bonchev–Trinajstić information content (AvgIpc) is 2.43. The van der Waals surface area contributed by atoms with Crippen LogP contribution in [0.15, 0.2) is 42.5 Å². The molecular weight excluding hydrogens is 329 g/mol. The van der Waals surface area contributed by atoms with Crippen LogP contribution in [0.4, 0.5) is 5.69 Å². The van der Waals surface area contributed by atoms with Crippen LogP contribution in [0.5, 0.6) is 0 Å². The van der Waals surface area contributed by atoms with Gasteiger partial charge < -0.3 is 5.32 Å². The largest absolute Gasteiger partial charge is 0.325 e. The van der Waals surface area contributed by atoms with Gasteiger partial charge in [-0.25, -0.2) is 0 Å². The molecule has 0 saturated carbocycles. The van der Waals surface area contributed by atoms with Crippen molar-refractivity contribution in [2.75, 3.05) is 5.32 Å². The third kappa shape index (κ3) is 4.37. The lowest BCUT2D eigenvalue weighted by atomic mass is 10.1. The van der Waals surface area contributed by atoms with Crippen LogP contribution >= 0.6 is 34.8 Å². The maximum atomic E-state index is 12.1. The second-order valence-electron chi connectivity index (χ2n) is 4.68. The van der Waals surface area contributed by atoms with Gasteiger partial charge in [0.15, 0.2) is 0 Å². The fraction of sp³-hybridized carbons (Fsp3) is 0.188. The maximum Gasteiger partial charge on any atom is 0.228 e. The number of hydrogen-bond acceptors (Lipinski definition) is 1. The maximum absolute atomic E-state index is 12.1. The van der Waals surface area contributed by atoms with Crippen molar-refractivity contribution in [2.45, 2.75) is 18.7 Å². The quantitative estimate of drug-likeness (QED) is 0.733. The Hall–Kier alpha value is -1.22. The summed E-state index contributed by atoms with van der Waals surface area (Å²) in [7, 11) is 0. The molecule has 1 unspecified atom stereocenters. The first-order valence-electron chi connectivity index (χ1n) is 6.44. The van der Waals surface area contributed by atoms with Crippen LogP contribution < -0.4 is 5.32 Å². The molecule has 1 atom stereocenters. The summed E-state index contributed by atoms with van der Waals surface area (Å²) < 4.78 is 0. The molecule has 0 aliphatic heterocycles. The molecule has 2 aromatic rings. The van der Waals surface area contributed by atoms with Gasteiger partial charge in [-0.3, -0.25) is 4.79 Å². The summed E-state index contributed by atoms with van der Waals surface area (Å²) in [6.07, 6.45) is 0.224. The lowest BCUT2D eigenvalue weighted by molar-refractivity contribution is -0.115. The van der Waals surface area contributed by atoms with Crippen molar-refractivity contribution in [1.82, 2.24) is 0 Å². The van der Waals surface area contributed by atoms with Crippen molar-refractivity contribution in [1.29, 1.82) is 0 Å². The summed E-state index contributed by atoms with van der Waals surface area (Å²) in [5.41, 5.74) is 2.42. The van der Waals surface area contributed by atoms with Crippen LogP contribution in [0, 0.1) is 0 Å². The number of carbonyl (C=O) groups is 1. The molecule has 0 aromatic heterocycles.